The first-order valence-corrected chi connectivity index (χ1v) is 9.15. The number of fused-ring (bicyclic) bond motifs is 1. The van der Waals surface area contributed by atoms with Gasteiger partial charge in [0.05, 0.1) is 4.87 Å². The molecule has 2 aliphatic rings. The number of rotatable bonds is 4. The van der Waals surface area contributed by atoms with E-state index in [0.29, 0.717) is 12.2 Å². The maximum Gasteiger partial charge on any atom is 0.243 e. The van der Waals surface area contributed by atoms with Crippen LogP contribution in [0.2, 0.25) is 0 Å². The van der Waals surface area contributed by atoms with Crippen LogP contribution in [0.5, 0.6) is 0 Å². The van der Waals surface area contributed by atoms with E-state index in [1.807, 2.05) is 23.3 Å². The Morgan fingerprint density at radius 2 is 2.43 bits per heavy atom. The van der Waals surface area contributed by atoms with Gasteiger partial charge in [0, 0.05) is 29.5 Å². The van der Waals surface area contributed by atoms with E-state index in [-0.39, 0.29) is 28.8 Å². The molecular formula is C15H20N2O2S2. The van der Waals surface area contributed by atoms with Gasteiger partial charge in [-0.25, -0.2) is 0 Å². The molecule has 2 saturated heterocycles. The standard InChI is InChI=1S/C15H20N2O2S2/c1-10(8-11-4-3-7-20-11)16-14(19)12-9-21-15(2)6-5-13(18)17(12)15/h3-4,7,10,12H,5-6,8-9H2,1-2H3,(H,16,19). The van der Waals surface area contributed by atoms with Crippen molar-refractivity contribution < 1.29 is 9.59 Å². The number of thioether (sulfide) groups is 1. The molecule has 3 heterocycles. The highest BCUT2D eigenvalue weighted by Crippen LogP contribution is 2.47. The number of carbonyl (C=O) groups excluding carboxylic acids is 2. The Morgan fingerprint density at radius 3 is 3.14 bits per heavy atom. The summed E-state index contributed by atoms with van der Waals surface area (Å²) in [5, 5.41) is 5.12. The van der Waals surface area contributed by atoms with Crippen molar-refractivity contribution in [2.45, 2.75) is 50.1 Å². The molecule has 0 aromatic carbocycles. The fourth-order valence-corrected chi connectivity index (χ4v) is 5.40. The average Bonchev–Trinajstić information content (AvgIpc) is 3.09. The molecule has 0 bridgehead atoms. The van der Waals surface area contributed by atoms with Gasteiger partial charge in [-0.2, -0.15) is 0 Å². The largest absolute Gasteiger partial charge is 0.351 e. The van der Waals surface area contributed by atoms with Crippen LogP contribution >= 0.6 is 23.1 Å². The Balaban J connectivity index is 1.62. The van der Waals surface area contributed by atoms with E-state index in [1.54, 1.807) is 23.1 Å². The molecule has 21 heavy (non-hydrogen) atoms. The Kier molecular flexibility index (Phi) is 4.01. The molecule has 0 radical (unpaired) electrons. The quantitative estimate of drug-likeness (QED) is 0.924. The molecule has 3 atom stereocenters. The van der Waals surface area contributed by atoms with Crippen molar-refractivity contribution in [1.29, 1.82) is 0 Å². The summed E-state index contributed by atoms with van der Waals surface area (Å²) in [5.41, 5.74) is 0. The van der Waals surface area contributed by atoms with Gasteiger partial charge in [-0.1, -0.05) is 6.07 Å². The summed E-state index contributed by atoms with van der Waals surface area (Å²) in [6.45, 7) is 4.09. The summed E-state index contributed by atoms with van der Waals surface area (Å²) in [5.74, 6) is 0.818. The molecule has 1 aromatic heterocycles. The zero-order valence-corrected chi connectivity index (χ0v) is 13.9. The lowest BCUT2D eigenvalue weighted by molar-refractivity contribution is -0.138. The number of hydrogen-bond acceptors (Lipinski definition) is 4. The molecule has 3 unspecified atom stereocenters. The zero-order valence-electron chi connectivity index (χ0n) is 12.3. The summed E-state index contributed by atoms with van der Waals surface area (Å²) >= 11 is 3.44. The summed E-state index contributed by atoms with van der Waals surface area (Å²) in [4.78, 5) is 27.5. The minimum atomic E-state index is -0.305. The van der Waals surface area contributed by atoms with Crippen molar-refractivity contribution >= 4 is 34.9 Å². The number of hydrogen-bond donors (Lipinski definition) is 1. The van der Waals surface area contributed by atoms with Crippen LogP contribution in [0.15, 0.2) is 17.5 Å². The molecule has 0 saturated carbocycles. The van der Waals surface area contributed by atoms with Gasteiger partial charge in [-0.15, -0.1) is 23.1 Å². The van der Waals surface area contributed by atoms with E-state index in [1.165, 1.54) is 4.88 Å². The fourth-order valence-electron chi connectivity index (χ4n) is 3.14. The Hall–Kier alpha value is -1.01. The third-order valence-electron chi connectivity index (χ3n) is 4.22. The minimum Gasteiger partial charge on any atom is -0.351 e. The van der Waals surface area contributed by atoms with Gasteiger partial charge in [0.25, 0.3) is 0 Å². The van der Waals surface area contributed by atoms with E-state index in [0.717, 1.165) is 12.8 Å². The highest BCUT2D eigenvalue weighted by atomic mass is 32.2. The SMILES string of the molecule is CC(Cc1cccs1)NC(=O)C1CSC2(C)CCC(=O)N12. The lowest BCUT2D eigenvalue weighted by atomic mass is 10.1. The zero-order chi connectivity index (χ0) is 15.0. The van der Waals surface area contributed by atoms with E-state index < -0.39 is 0 Å². The molecule has 3 rings (SSSR count). The highest BCUT2D eigenvalue weighted by molar-refractivity contribution is 8.01. The topological polar surface area (TPSA) is 49.4 Å². The van der Waals surface area contributed by atoms with Crippen LogP contribution in [0.4, 0.5) is 0 Å². The molecule has 2 fully saturated rings. The van der Waals surface area contributed by atoms with Gasteiger partial charge < -0.3 is 10.2 Å². The highest BCUT2D eigenvalue weighted by Gasteiger charge is 2.52. The van der Waals surface area contributed by atoms with Crippen LogP contribution in [-0.2, 0) is 16.0 Å². The number of nitrogens with one attached hydrogen (secondary N) is 1. The average molecular weight is 324 g/mol. The minimum absolute atomic E-state index is 0.00877. The summed E-state index contributed by atoms with van der Waals surface area (Å²) in [6.07, 6.45) is 2.26. The smallest absolute Gasteiger partial charge is 0.243 e. The lowest BCUT2D eigenvalue weighted by Gasteiger charge is -2.30. The summed E-state index contributed by atoms with van der Waals surface area (Å²) in [6, 6.07) is 3.89. The monoisotopic (exact) mass is 324 g/mol. The van der Waals surface area contributed by atoms with Crippen LogP contribution in [0.25, 0.3) is 0 Å². The van der Waals surface area contributed by atoms with Gasteiger partial charge in [0.2, 0.25) is 11.8 Å². The van der Waals surface area contributed by atoms with E-state index in [4.69, 9.17) is 0 Å². The molecule has 2 aliphatic heterocycles. The van der Waals surface area contributed by atoms with Crippen molar-refractivity contribution in [2.24, 2.45) is 0 Å². The summed E-state index contributed by atoms with van der Waals surface area (Å²) < 4.78 is 0. The van der Waals surface area contributed by atoms with Crippen molar-refractivity contribution in [1.82, 2.24) is 10.2 Å². The predicted molar refractivity (Wildman–Crippen MR) is 86.4 cm³/mol. The Bertz CT molecular complexity index is 546. The second kappa shape index (κ2) is 5.65. The van der Waals surface area contributed by atoms with Gasteiger partial charge in [-0.05, 0) is 31.7 Å². The van der Waals surface area contributed by atoms with Crippen LogP contribution in [0, 0.1) is 0 Å². The molecule has 6 heteroatoms. The number of thiophene rings is 1. The van der Waals surface area contributed by atoms with Crippen molar-refractivity contribution in [3.63, 3.8) is 0 Å². The number of amides is 2. The van der Waals surface area contributed by atoms with Gasteiger partial charge >= 0.3 is 0 Å². The maximum atomic E-state index is 12.5. The second-order valence-corrected chi connectivity index (χ2v) is 8.49. The van der Waals surface area contributed by atoms with Crippen molar-refractivity contribution in [3.05, 3.63) is 22.4 Å². The fraction of sp³-hybridized carbons (Fsp3) is 0.600. The van der Waals surface area contributed by atoms with Gasteiger partial charge in [-0.3, -0.25) is 9.59 Å². The third kappa shape index (κ3) is 2.83. The normalized spacial score (nSPS) is 29.5. The lowest BCUT2D eigenvalue weighted by Crippen LogP contribution is -2.51. The van der Waals surface area contributed by atoms with E-state index in [9.17, 15) is 9.59 Å². The molecular weight excluding hydrogens is 304 g/mol. The van der Waals surface area contributed by atoms with E-state index >= 15 is 0 Å². The van der Waals surface area contributed by atoms with Crippen LogP contribution in [0.1, 0.15) is 31.6 Å². The second-order valence-electron chi connectivity index (χ2n) is 5.96. The maximum absolute atomic E-state index is 12.5. The molecule has 1 N–H and O–H groups in total. The molecule has 0 aliphatic carbocycles. The molecule has 2 amide bonds. The van der Waals surface area contributed by atoms with E-state index in [2.05, 4.69) is 18.3 Å². The van der Waals surface area contributed by atoms with Crippen LogP contribution in [0.3, 0.4) is 0 Å². The predicted octanol–water partition coefficient (Wildman–Crippen LogP) is 2.25. The van der Waals surface area contributed by atoms with Crippen LogP contribution in [-0.4, -0.2) is 39.4 Å². The third-order valence-corrected chi connectivity index (χ3v) is 6.63. The summed E-state index contributed by atoms with van der Waals surface area (Å²) in [7, 11) is 0. The molecule has 1 aromatic rings. The Morgan fingerprint density at radius 1 is 1.62 bits per heavy atom. The van der Waals surface area contributed by atoms with Gasteiger partial charge in [0.1, 0.15) is 6.04 Å². The van der Waals surface area contributed by atoms with Crippen molar-refractivity contribution in [2.75, 3.05) is 5.75 Å². The first kappa shape index (κ1) is 14.9. The van der Waals surface area contributed by atoms with Crippen LogP contribution < -0.4 is 5.32 Å². The molecule has 114 valence electrons. The molecule has 4 nitrogen and oxygen atoms in total. The first-order valence-electron chi connectivity index (χ1n) is 7.28. The number of carbonyl (C=O) groups is 2. The first-order chi connectivity index (χ1) is 9.99. The number of nitrogens with zero attached hydrogens (tertiary/aromatic N) is 1. The van der Waals surface area contributed by atoms with Crippen molar-refractivity contribution in [3.8, 4) is 0 Å². The van der Waals surface area contributed by atoms with Gasteiger partial charge in [0.15, 0.2) is 0 Å². The molecule has 0 spiro atoms. The Labute approximate surface area is 133 Å².